The van der Waals surface area contributed by atoms with E-state index in [2.05, 4.69) is 10.3 Å². The van der Waals surface area contributed by atoms with Crippen molar-refractivity contribution in [2.24, 2.45) is 4.99 Å². The molecule has 2 N–H and O–H groups in total. The molecular formula is C20H19Cl2N3O4S. The summed E-state index contributed by atoms with van der Waals surface area (Å²) in [6, 6.07) is 9.84. The van der Waals surface area contributed by atoms with Gasteiger partial charge in [0.2, 0.25) is 11.8 Å². The number of rotatable bonds is 5. The number of carbonyl (C=O) groups is 2. The van der Waals surface area contributed by atoms with Crippen molar-refractivity contribution < 1.29 is 19.4 Å². The largest absolute Gasteiger partial charge is 0.505 e. The predicted molar refractivity (Wildman–Crippen MR) is 120 cm³/mol. The van der Waals surface area contributed by atoms with Gasteiger partial charge in [0.05, 0.1) is 22.8 Å². The normalized spacial score (nSPS) is 17.9. The molecule has 0 spiro atoms. The summed E-state index contributed by atoms with van der Waals surface area (Å²) in [5, 5.41) is 12.3. The van der Waals surface area contributed by atoms with Gasteiger partial charge in [-0.05, 0) is 31.2 Å². The molecule has 1 saturated heterocycles. The van der Waals surface area contributed by atoms with Crippen molar-refractivity contribution in [2.45, 2.75) is 18.6 Å². The third kappa shape index (κ3) is 5.00. The van der Waals surface area contributed by atoms with Crippen molar-refractivity contribution in [2.75, 3.05) is 19.0 Å². The minimum atomic E-state index is -0.659. The van der Waals surface area contributed by atoms with E-state index in [9.17, 15) is 14.7 Å². The number of phenols is 1. The second kappa shape index (κ2) is 9.59. The third-order valence-electron chi connectivity index (χ3n) is 4.31. The van der Waals surface area contributed by atoms with Crippen molar-refractivity contribution in [3.8, 4) is 11.5 Å². The van der Waals surface area contributed by atoms with E-state index in [-0.39, 0.29) is 34.0 Å². The maximum Gasteiger partial charge on any atom is 0.238 e. The number of anilines is 1. The van der Waals surface area contributed by atoms with Crippen LogP contribution in [0.5, 0.6) is 11.5 Å². The smallest absolute Gasteiger partial charge is 0.238 e. The van der Waals surface area contributed by atoms with Gasteiger partial charge in [-0.25, -0.2) is 4.99 Å². The highest BCUT2D eigenvalue weighted by Crippen LogP contribution is 2.37. The van der Waals surface area contributed by atoms with Gasteiger partial charge in [0, 0.05) is 24.7 Å². The molecule has 1 aliphatic rings. The number of carbonyl (C=O) groups excluding carboxylic acids is 2. The molecule has 3 rings (SSSR count). The number of hydrogen-bond acceptors (Lipinski definition) is 6. The molecule has 0 aliphatic carbocycles. The lowest BCUT2D eigenvalue weighted by molar-refractivity contribution is -0.129. The first kappa shape index (κ1) is 22.3. The Hall–Kier alpha value is -2.42. The number of halogens is 2. The molecule has 2 aromatic carbocycles. The fraction of sp³-hybridized carbons (Fsp3) is 0.250. The molecule has 1 atom stereocenters. The van der Waals surface area contributed by atoms with Crippen LogP contribution in [0.3, 0.4) is 0 Å². The van der Waals surface area contributed by atoms with Gasteiger partial charge in [-0.2, -0.15) is 0 Å². The molecule has 2 aromatic rings. The van der Waals surface area contributed by atoms with Gasteiger partial charge in [-0.1, -0.05) is 41.0 Å². The van der Waals surface area contributed by atoms with Crippen LogP contribution in [0.2, 0.25) is 10.0 Å². The van der Waals surface area contributed by atoms with Crippen LogP contribution in [0, 0.1) is 0 Å². The first-order valence-electron chi connectivity index (χ1n) is 9.01. The minimum absolute atomic E-state index is 0.0457. The second-order valence-corrected chi connectivity index (χ2v) is 8.31. The Kier molecular flexibility index (Phi) is 7.12. The Morgan fingerprint density at radius 2 is 2.03 bits per heavy atom. The number of ether oxygens (including phenoxy) is 1. The number of amidine groups is 1. The van der Waals surface area contributed by atoms with Crippen molar-refractivity contribution in [1.82, 2.24) is 4.90 Å². The molecule has 0 bridgehead atoms. The van der Waals surface area contributed by atoms with Gasteiger partial charge >= 0.3 is 0 Å². The Morgan fingerprint density at radius 3 is 2.67 bits per heavy atom. The highest BCUT2D eigenvalue weighted by atomic mass is 35.5. The molecule has 0 radical (unpaired) electrons. The number of benzene rings is 2. The van der Waals surface area contributed by atoms with E-state index in [0.717, 1.165) is 0 Å². The van der Waals surface area contributed by atoms with Crippen LogP contribution >= 0.6 is 35.0 Å². The highest BCUT2D eigenvalue weighted by molar-refractivity contribution is 8.15. The van der Waals surface area contributed by atoms with Crippen molar-refractivity contribution in [3.63, 3.8) is 0 Å². The molecule has 10 heteroatoms. The first-order valence-corrected chi connectivity index (χ1v) is 10.6. The van der Waals surface area contributed by atoms with Gasteiger partial charge in [0.15, 0.2) is 10.9 Å². The van der Waals surface area contributed by atoms with Gasteiger partial charge in [0.1, 0.15) is 11.0 Å². The third-order valence-corrected chi connectivity index (χ3v) is 6.08. The summed E-state index contributed by atoms with van der Waals surface area (Å²) >= 11 is 13.1. The zero-order valence-corrected chi connectivity index (χ0v) is 18.5. The van der Waals surface area contributed by atoms with Crippen LogP contribution in [-0.2, 0) is 9.59 Å². The molecule has 7 nitrogen and oxygen atoms in total. The summed E-state index contributed by atoms with van der Waals surface area (Å²) in [7, 11) is 1.54. The van der Waals surface area contributed by atoms with E-state index < -0.39 is 5.25 Å². The van der Waals surface area contributed by atoms with Crippen molar-refractivity contribution in [3.05, 3.63) is 46.4 Å². The summed E-state index contributed by atoms with van der Waals surface area (Å²) in [6.07, 6.45) is 0.0461. The molecule has 2 amide bonds. The van der Waals surface area contributed by atoms with Gasteiger partial charge in [-0.15, -0.1) is 0 Å². The molecular weight excluding hydrogens is 449 g/mol. The molecule has 1 heterocycles. The second-order valence-electron chi connectivity index (χ2n) is 6.32. The van der Waals surface area contributed by atoms with Gasteiger partial charge in [-0.3, -0.25) is 14.5 Å². The lowest BCUT2D eigenvalue weighted by Gasteiger charge is -2.31. The number of aromatic hydroxyl groups is 1. The van der Waals surface area contributed by atoms with Gasteiger partial charge in [0.25, 0.3) is 0 Å². The molecule has 1 aliphatic heterocycles. The Labute approximate surface area is 188 Å². The maximum atomic E-state index is 12.8. The summed E-state index contributed by atoms with van der Waals surface area (Å²) in [6.45, 7) is 2.22. The number of nitrogens with zero attached hydrogens (tertiary/aromatic N) is 2. The molecule has 1 unspecified atom stereocenters. The SMILES string of the molecule is CCN1C(=O)CC(C(=O)Nc2cccc(OC)c2)SC1=Nc1cc(Cl)c(O)c(Cl)c1. The van der Waals surface area contributed by atoms with E-state index in [4.69, 9.17) is 27.9 Å². The van der Waals surface area contributed by atoms with Crippen LogP contribution in [-0.4, -0.2) is 45.9 Å². The van der Waals surface area contributed by atoms with E-state index in [1.165, 1.54) is 28.8 Å². The van der Waals surface area contributed by atoms with E-state index in [0.29, 0.717) is 28.8 Å². The summed E-state index contributed by atoms with van der Waals surface area (Å²) in [5.74, 6) is -0.151. The fourth-order valence-electron chi connectivity index (χ4n) is 2.80. The summed E-state index contributed by atoms with van der Waals surface area (Å²) in [4.78, 5) is 31.4. The van der Waals surface area contributed by atoms with Crippen LogP contribution in [0.15, 0.2) is 41.4 Å². The lowest BCUT2D eigenvalue weighted by atomic mass is 10.2. The minimum Gasteiger partial charge on any atom is -0.505 e. The van der Waals surface area contributed by atoms with E-state index in [1.54, 1.807) is 31.4 Å². The molecule has 0 aromatic heterocycles. The monoisotopic (exact) mass is 467 g/mol. The number of nitrogens with one attached hydrogen (secondary N) is 1. The maximum absolute atomic E-state index is 12.8. The van der Waals surface area contributed by atoms with Crippen molar-refractivity contribution in [1.29, 1.82) is 0 Å². The highest BCUT2D eigenvalue weighted by Gasteiger charge is 2.35. The Bertz CT molecular complexity index is 992. The summed E-state index contributed by atoms with van der Waals surface area (Å²) in [5.41, 5.74) is 0.936. The Morgan fingerprint density at radius 1 is 1.33 bits per heavy atom. The Balaban J connectivity index is 1.85. The number of hydrogen-bond donors (Lipinski definition) is 2. The van der Waals surface area contributed by atoms with Crippen LogP contribution in [0.25, 0.3) is 0 Å². The number of thioether (sulfide) groups is 1. The molecule has 30 heavy (non-hydrogen) atoms. The standard InChI is InChI=1S/C20H19Cl2N3O4S/c1-3-25-17(26)10-16(19(28)23-11-5-4-6-13(7-11)29-2)30-20(25)24-12-8-14(21)18(27)15(22)9-12/h4-9,16,27H,3,10H2,1-2H3,(H,23,28). The fourth-order valence-corrected chi connectivity index (χ4v) is 4.44. The average Bonchev–Trinajstić information content (AvgIpc) is 2.71. The topological polar surface area (TPSA) is 91.2 Å². The predicted octanol–water partition coefficient (Wildman–Crippen LogP) is 4.69. The zero-order valence-electron chi connectivity index (χ0n) is 16.2. The number of methoxy groups -OCH3 is 1. The number of amides is 2. The number of phenolic OH excluding ortho intramolecular Hbond substituents is 1. The molecule has 0 saturated carbocycles. The molecule has 158 valence electrons. The van der Waals surface area contributed by atoms with E-state index >= 15 is 0 Å². The summed E-state index contributed by atoms with van der Waals surface area (Å²) < 4.78 is 5.16. The average molecular weight is 468 g/mol. The molecule has 1 fully saturated rings. The van der Waals surface area contributed by atoms with Crippen LogP contribution in [0.1, 0.15) is 13.3 Å². The first-order chi connectivity index (χ1) is 14.3. The van der Waals surface area contributed by atoms with Crippen LogP contribution in [0.4, 0.5) is 11.4 Å². The number of aliphatic imine (C=N–C) groups is 1. The van der Waals surface area contributed by atoms with Crippen LogP contribution < -0.4 is 10.1 Å². The van der Waals surface area contributed by atoms with Crippen molar-refractivity contribution >= 4 is 63.3 Å². The van der Waals surface area contributed by atoms with E-state index in [1.807, 2.05) is 6.92 Å². The quantitative estimate of drug-likeness (QED) is 0.665. The lowest BCUT2D eigenvalue weighted by Crippen LogP contribution is -2.45. The zero-order chi connectivity index (χ0) is 21.8. The van der Waals surface area contributed by atoms with Gasteiger partial charge < -0.3 is 15.2 Å².